The van der Waals surface area contributed by atoms with Gasteiger partial charge < -0.3 is 19.5 Å². The van der Waals surface area contributed by atoms with Gasteiger partial charge in [0, 0.05) is 64.8 Å². The number of aromatic nitrogens is 2. The van der Waals surface area contributed by atoms with Gasteiger partial charge in [0.05, 0.1) is 13.2 Å². The average molecular weight is 348 g/mol. The Morgan fingerprint density at radius 2 is 2.16 bits per heavy atom. The normalized spacial score (nSPS) is 22.6. The van der Waals surface area contributed by atoms with Crippen LogP contribution in [0.25, 0.3) is 0 Å². The molecule has 0 bridgehead atoms. The van der Waals surface area contributed by atoms with E-state index in [2.05, 4.69) is 42.8 Å². The van der Waals surface area contributed by atoms with Crippen molar-refractivity contribution < 1.29 is 4.74 Å². The highest BCUT2D eigenvalue weighted by Crippen LogP contribution is 2.17. The number of nitrogens with zero attached hydrogens (tertiary/aromatic N) is 5. The van der Waals surface area contributed by atoms with Gasteiger partial charge in [-0.2, -0.15) is 0 Å². The van der Waals surface area contributed by atoms with E-state index in [-0.39, 0.29) is 0 Å². The van der Waals surface area contributed by atoms with E-state index >= 15 is 0 Å². The molecule has 2 fully saturated rings. The van der Waals surface area contributed by atoms with Gasteiger partial charge in [0.1, 0.15) is 5.82 Å². The maximum atomic E-state index is 5.47. The van der Waals surface area contributed by atoms with E-state index in [0.29, 0.717) is 6.04 Å². The van der Waals surface area contributed by atoms with Gasteiger partial charge >= 0.3 is 0 Å². The van der Waals surface area contributed by atoms with Crippen molar-refractivity contribution in [1.29, 1.82) is 0 Å². The summed E-state index contributed by atoms with van der Waals surface area (Å²) >= 11 is 0. The third-order valence-electron chi connectivity index (χ3n) is 5.27. The largest absolute Gasteiger partial charge is 0.379 e. The molecule has 3 heterocycles. The van der Waals surface area contributed by atoms with Gasteiger partial charge in [-0.25, -0.2) is 4.98 Å². The molecule has 7 heteroatoms. The highest BCUT2D eigenvalue weighted by molar-refractivity contribution is 5.80. The first-order valence-electron chi connectivity index (χ1n) is 9.53. The summed E-state index contributed by atoms with van der Waals surface area (Å²) in [6, 6.07) is 0.645. The first kappa shape index (κ1) is 18.2. The van der Waals surface area contributed by atoms with Crippen molar-refractivity contribution in [1.82, 2.24) is 24.7 Å². The molecule has 2 aliphatic heterocycles. The summed E-state index contributed by atoms with van der Waals surface area (Å²) in [4.78, 5) is 13.7. The second kappa shape index (κ2) is 9.20. The van der Waals surface area contributed by atoms with Gasteiger partial charge in [-0.1, -0.05) is 0 Å². The number of hydrogen-bond donors (Lipinski definition) is 1. The summed E-state index contributed by atoms with van der Waals surface area (Å²) in [5.74, 6) is 2.14. The number of rotatable bonds is 6. The van der Waals surface area contributed by atoms with Gasteiger partial charge in [0.25, 0.3) is 0 Å². The van der Waals surface area contributed by atoms with E-state index in [4.69, 9.17) is 4.74 Å². The van der Waals surface area contributed by atoms with Crippen LogP contribution in [-0.4, -0.2) is 84.3 Å². The third-order valence-corrected chi connectivity index (χ3v) is 5.27. The van der Waals surface area contributed by atoms with Crippen LogP contribution in [0.1, 0.15) is 25.1 Å². The number of morpholine rings is 1. The van der Waals surface area contributed by atoms with Crippen molar-refractivity contribution in [3.8, 4) is 0 Å². The Morgan fingerprint density at radius 1 is 1.32 bits per heavy atom. The van der Waals surface area contributed by atoms with Crippen LogP contribution in [0.2, 0.25) is 0 Å². The lowest BCUT2D eigenvalue weighted by molar-refractivity contribution is 0.0195. The first-order valence-corrected chi connectivity index (χ1v) is 9.53. The monoisotopic (exact) mass is 348 g/mol. The zero-order valence-electron chi connectivity index (χ0n) is 15.7. The quantitative estimate of drug-likeness (QED) is 0.471. The molecule has 1 aromatic heterocycles. The molecule has 0 spiro atoms. The van der Waals surface area contributed by atoms with Crippen molar-refractivity contribution in [2.24, 2.45) is 4.99 Å². The summed E-state index contributed by atoms with van der Waals surface area (Å²) in [5.41, 5.74) is 0. The van der Waals surface area contributed by atoms with Crippen molar-refractivity contribution in [2.45, 2.75) is 38.8 Å². The highest BCUT2D eigenvalue weighted by atomic mass is 16.5. The van der Waals surface area contributed by atoms with E-state index in [0.717, 1.165) is 77.1 Å². The number of aliphatic imine (C=N–C) groups is 1. The molecule has 2 saturated heterocycles. The fourth-order valence-electron chi connectivity index (χ4n) is 3.75. The SMILES string of the molecule is CN=C(NCCCCn1ccnc1C)N1CCC(N2CCOCC2)C1. The van der Waals surface area contributed by atoms with Gasteiger partial charge in [0.2, 0.25) is 0 Å². The molecule has 7 nitrogen and oxygen atoms in total. The van der Waals surface area contributed by atoms with Crippen LogP contribution in [0.3, 0.4) is 0 Å². The molecule has 0 aromatic carbocycles. The highest BCUT2D eigenvalue weighted by Gasteiger charge is 2.30. The molecule has 0 radical (unpaired) electrons. The Morgan fingerprint density at radius 3 is 2.88 bits per heavy atom. The number of nitrogens with one attached hydrogen (secondary N) is 1. The Kier molecular flexibility index (Phi) is 6.69. The van der Waals surface area contributed by atoms with Crippen LogP contribution in [0.5, 0.6) is 0 Å². The lowest BCUT2D eigenvalue weighted by Crippen LogP contribution is -2.46. The Labute approximate surface area is 151 Å². The molecule has 1 aromatic rings. The lowest BCUT2D eigenvalue weighted by Gasteiger charge is -2.32. The molecule has 1 unspecified atom stereocenters. The lowest BCUT2D eigenvalue weighted by atomic mass is 10.2. The molecule has 1 N–H and O–H groups in total. The zero-order chi connectivity index (χ0) is 17.5. The Hall–Kier alpha value is -1.60. The second-order valence-electron chi connectivity index (χ2n) is 6.89. The van der Waals surface area contributed by atoms with Crippen molar-refractivity contribution in [3.63, 3.8) is 0 Å². The van der Waals surface area contributed by atoms with Crippen LogP contribution in [0, 0.1) is 6.92 Å². The maximum Gasteiger partial charge on any atom is 0.193 e. The molecule has 1 atom stereocenters. The first-order chi connectivity index (χ1) is 12.3. The molecule has 140 valence electrons. The van der Waals surface area contributed by atoms with Crippen molar-refractivity contribution in [2.75, 3.05) is 53.0 Å². The van der Waals surface area contributed by atoms with Crippen LogP contribution >= 0.6 is 0 Å². The van der Waals surface area contributed by atoms with E-state index in [9.17, 15) is 0 Å². The van der Waals surface area contributed by atoms with Crippen LogP contribution in [0.4, 0.5) is 0 Å². The minimum absolute atomic E-state index is 0.645. The molecular weight excluding hydrogens is 316 g/mol. The minimum Gasteiger partial charge on any atom is -0.379 e. The molecule has 0 saturated carbocycles. The second-order valence-corrected chi connectivity index (χ2v) is 6.89. The van der Waals surface area contributed by atoms with Gasteiger partial charge in [-0.15, -0.1) is 0 Å². The smallest absolute Gasteiger partial charge is 0.193 e. The topological polar surface area (TPSA) is 57.9 Å². The average Bonchev–Trinajstić information content (AvgIpc) is 3.28. The molecule has 0 aliphatic carbocycles. The summed E-state index contributed by atoms with van der Waals surface area (Å²) in [7, 11) is 1.89. The number of hydrogen-bond acceptors (Lipinski definition) is 4. The zero-order valence-corrected chi connectivity index (χ0v) is 15.7. The van der Waals surface area contributed by atoms with E-state index in [1.165, 1.54) is 6.42 Å². The fraction of sp³-hybridized carbons (Fsp3) is 0.778. The van der Waals surface area contributed by atoms with Gasteiger partial charge in [0.15, 0.2) is 5.96 Å². The predicted molar refractivity (Wildman–Crippen MR) is 99.9 cm³/mol. The number of imidazole rings is 1. The van der Waals surface area contributed by atoms with Crippen LogP contribution < -0.4 is 5.32 Å². The number of aryl methyl sites for hydroxylation is 2. The Balaban J connectivity index is 1.36. The minimum atomic E-state index is 0.645. The fourth-order valence-corrected chi connectivity index (χ4v) is 3.75. The number of guanidine groups is 1. The summed E-state index contributed by atoms with van der Waals surface area (Å²) in [6.45, 7) is 10.1. The van der Waals surface area contributed by atoms with E-state index in [1.54, 1.807) is 0 Å². The third kappa shape index (κ3) is 4.95. The van der Waals surface area contributed by atoms with E-state index in [1.807, 2.05) is 13.2 Å². The maximum absolute atomic E-state index is 5.47. The molecule has 25 heavy (non-hydrogen) atoms. The van der Waals surface area contributed by atoms with Gasteiger partial charge in [-0.05, 0) is 26.2 Å². The molecule has 3 rings (SSSR count). The summed E-state index contributed by atoms with van der Waals surface area (Å²) < 4.78 is 7.68. The van der Waals surface area contributed by atoms with Crippen LogP contribution in [0.15, 0.2) is 17.4 Å². The summed E-state index contributed by atoms with van der Waals surface area (Å²) in [5, 5.41) is 3.54. The predicted octanol–water partition coefficient (Wildman–Crippen LogP) is 0.954. The van der Waals surface area contributed by atoms with Crippen molar-refractivity contribution in [3.05, 3.63) is 18.2 Å². The van der Waals surface area contributed by atoms with E-state index < -0.39 is 0 Å². The number of ether oxygens (including phenoxy) is 1. The van der Waals surface area contributed by atoms with Crippen molar-refractivity contribution >= 4 is 5.96 Å². The molecular formula is C18H32N6O. The molecule has 2 aliphatic rings. The Bertz CT molecular complexity index is 552. The standard InChI is InChI=1S/C18H32N6O/c1-16-20-7-10-22(16)8-4-3-6-21-18(19-2)24-9-5-17(15-24)23-11-13-25-14-12-23/h7,10,17H,3-6,8-9,11-15H2,1-2H3,(H,19,21). The summed E-state index contributed by atoms with van der Waals surface area (Å²) in [6.07, 6.45) is 7.43. The number of likely N-dealkylation sites (tertiary alicyclic amines) is 1. The number of unbranched alkanes of at least 4 members (excludes halogenated alkanes) is 1. The van der Waals surface area contributed by atoms with Crippen LogP contribution in [-0.2, 0) is 11.3 Å². The molecule has 0 amide bonds. The van der Waals surface area contributed by atoms with Gasteiger partial charge in [-0.3, -0.25) is 9.89 Å².